The number of nitrogens with zero attached hydrogens (tertiary/aromatic N) is 2. The van der Waals surface area contributed by atoms with Crippen molar-refractivity contribution < 1.29 is 9.59 Å². The Morgan fingerprint density at radius 3 is 2.43 bits per heavy atom. The van der Waals surface area contributed by atoms with Gasteiger partial charge in [-0.15, -0.1) is 10.2 Å². The van der Waals surface area contributed by atoms with E-state index < -0.39 is 6.04 Å². The van der Waals surface area contributed by atoms with Crippen molar-refractivity contribution in [3.05, 3.63) is 65.2 Å². The van der Waals surface area contributed by atoms with Gasteiger partial charge in [0.2, 0.25) is 16.9 Å². The van der Waals surface area contributed by atoms with Crippen LogP contribution >= 0.6 is 22.9 Å². The van der Waals surface area contributed by atoms with E-state index in [4.69, 9.17) is 11.6 Å². The van der Waals surface area contributed by atoms with E-state index in [9.17, 15) is 9.59 Å². The van der Waals surface area contributed by atoms with Crippen molar-refractivity contribution in [3.63, 3.8) is 0 Å². The third kappa shape index (κ3) is 5.87. The number of amides is 2. The first-order valence-corrected chi connectivity index (χ1v) is 10.9. The second-order valence-electron chi connectivity index (χ2n) is 7.00. The molecular formula is C22H23ClN4O2S. The Morgan fingerprint density at radius 2 is 1.77 bits per heavy atom. The predicted octanol–water partition coefficient (Wildman–Crippen LogP) is 4.57. The van der Waals surface area contributed by atoms with E-state index in [1.807, 2.05) is 56.3 Å². The molecule has 3 aromatic rings. The van der Waals surface area contributed by atoms with Gasteiger partial charge in [0.15, 0.2) is 0 Å². The molecule has 0 bridgehead atoms. The molecule has 0 aliphatic rings. The van der Waals surface area contributed by atoms with Crippen molar-refractivity contribution in [2.45, 2.75) is 32.7 Å². The third-order valence-corrected chi connectivity index (χ3v) is 5.91. The Labute approximate surface area is 184 Å². The minimum Gasteiger partial charge on any atom is -0.344 e. The number of anilines is 1. The lowest BCUT2D eigenvalue weighted by atomic mass is 9.98. The average molecular weight is 443 g/mol. The van der Waals surface area contributed by atoms with Crippen LogP contribution in [-0.2, 0) is 16.0 Å². The number of aromatic nitrogens is 2. The van der Waals surface area contributed by atoms with Crippen LogP contribution in [0.4, 0.5) is 5.13 Å². The highest BCUT2D eigenvalue weighted by Crippen LogP contribution is 2.27. The molecule has 1 heterocycles. The number of hydrogen-bond donors (Lipinski definition) is 2. The fourth-order valence-corrected chi connectivity index (χ4v) is 3.75. The number of carbonyl (C=O) groups is 2. The highest BCUT2D eigenvalue weighted by molar-refractivity contribution is 7.18. The van der Waals surface area contributed by atoms with Crippen LogP contribution in [0.5, 0.6) is 0 Å². The van der Waals surface area contributed by atoms with Gasteiger partial charge in [-0.25, -0.2) is 0 Å². The van der Waals surface area contributed by atoms with Crippen LogP contribution in [-0.4, -0.2) is 28.1 Å². The zero-order chi connectivity index (χ0) is 21.5. The van der Waals surface area contributed by atoms with Gasteiger partial charge in [0.1, 0.15) is 11.0 Å². The maximum atomic E-state index is 12.9. The van der Waals surface area contributed by atoms with E-state index in [1.165, 1.54) is 11.3 Å². The Morgan fingerprint density at radius 1 is 1.07 bits per heavy atom. The lowest BCUT2D eigenvalue weighted by Gasteiger charge is -2.23. The molecule has 0 radical (unpaired) electrons. The minimum atomic E-state index is -0.658. The summed E-state index contributed by atoms with van der Waals surface area (Å²) in [6.45, 7) is 3.92. The van der Waals surface area contributed by atoms with E-state index >= 15 is 0 Å². The van der Waals surface area contributed by atoms with Gasteiger partial charge >= 0.3 is 0 Å². The summed E-state index contributed by atoms with van der Waals surface area (Å²) >= 11 is 7.19. The molecule has 6 nitrogen and oxygen atoms in total. The molecule has 2 atom stereocenters. The molecule has 0 fully saturated rings. The summed E-state index contributed by atoms with van der Waals surface area (Å²) in [6, 6.07) is 16.0. The molecule has 2 amide bonds. The zero-order valence-electron chi connectivity index (χ0n) is 16.8. The van der Waals surface area contributed by atoms with E-state index in [0.717, 1.165) is 17.5 Å². The van der Waals surface area contributed by atoms with Gasteiger partial charge in [-0.2, -0.15) is 0 Å². The van der Waals surface area contributed by atoms with Crippen molar-refractivity contribution in [1.82, 2.24) is 15.5 Å². The summed E-state index contributed by atoms with van der Waals surface area (Å²) in [7, 11) is 0. The molecule has 0 saturated carbocycles. The molecule has 0 aliphatic heterocycles. The lowest BCUT2D eigenvalue weighted by Crippen LogP contribution is -2.48. The van der Waals surface area contributed by atoms with Gasteiger partial charge in [0.05, 0.1) is 6.42 Å². The first kappa shape index (κ1) is 21.9. The third-order valence-electron chi connectivity index (χ3n) is 4.77. The first-order chi connectivity index (χ1) is 14.5. The van der Waals surface area contributed by atoms with Crippen molar-refractivity contribution in [2.75, 3.05) is 5.32 Å². The van der Waals surface area contributed by atoms with Gasteiger partial charge in [-0.3, -0.25) is 14.9 Å². The molecule has 0 unspecified atom stereocenters. The maximum Gasteiger partial charge on any atom is 0.249 e. The van der Waals surface area contributed by atoms with E-state index in [-0.39, 0.29) is 24.2 Å². The van der Waals surface area contributed by atoms with Gasteiger partial charge < -0.3 is 5.32 Å². The van der Waals surface area contributed by atoms with Crippen LogP contribution in [0.1, 0.15) is 25.8 Å². The zero-order valence-corrected chi connectivity index (χ0v) is 18.3. The molecule has 2 aromatic carbocycles. The largest absolute Gasteiger partial charge is 0.344 e. The average Bonchev–Trinajstić information content (AvgIpc) is 3.21. The van der Waals surface area contributed by atoms with Crippen molar-refractivity contribution in [1.29, 1.82) is 0 Å². The highest BCUT2D eigenvalue weighted by Gasteiger charge is 2.27. The summed E-state index contributed by atoms with van der Waals surface area (Å²) in [5, 5.41) is 15.6. The normalized spacial score (nSPS) is 12.8. The van der Waals surface area contributed by atoms with Gasteiger partial charge in [-0.1, -0.05) is 85.7 Å². The van der Waals surface area contributed by atoms with Crippen LogP contribution < -0.4 is 10.6 Å². The molecule has 1 aromatic heterocycles. The van der Waals surface area contributed by atoms with Crippen LogP contribution in [0.2, 0.25) is 5.02 Å². The van der Waals surface area contributed by atoms with Crippen LogP contribution in [0.25, 0.3) is 10.6 Å². The molecule has 3 rings (SSSR count). The summed E-state index contributed by atoms with van der Waals surface area (Å²) in [6.07, 6.45) is 0.969. The van der Waals surface area contributed by atoms with Crippen molar-refractivity contribution in [2.24, 2.45) is 5.92 Å². The Balaban J connectivity index is 1.66. The Bertz CT molecular complexity index is 992. The SMILES string of the molecule is CC[C@@H](C)[C@H](NC(=O)Cc1ccccc1)C(=O)Nc1nnc(-c2ccc(Cl)cc2)s1. The Kier molecular flexibility index (Phi) is 7.54. The standard InChI is InChI=1S/C22H23ClN4O2S/c1-3-14(2)19(24-18(28)13-15-7-5-4-6-8-15)20(29)25-22-27-26-21(30-22)16-9-11-17(23)12-10-16/h4-12,14,19H,3,13H2,1-2H3,(H,24,28)(H,25,27,29)/t14-,19+/m1/s1. The second kappa shape index (κ2) is 10.3. The van der Waals surface area contributed by atoms with E-state index in [2.05, 4.69) is 20.8 Å². The van der Waals surface area contributed by atoms with E-state index in [1.54, 1.807) is 12.1 Å². The monoisotopic (exact) mass is 442 g/mol. The minimum absolute atomic E-state index is 0.0339. The number of hydrogen-bond acceptors (Lipinski definition) is 5. The fraction of sp³-hybridized carbons (Fsp3) is 0.273. The summed E-state index contributed by atoms with van der Waals surface area (Å²) in [5.74, 6) is -0.529. The maximum absolute atomic E-state index is 12.9. The molecular weight excluding hydrogens is 420 g/mol. The fourth-order valence-electron chi connectivity index (χ4n) is 2.87. The second-order valence-corrected chi connectivity index (χ2v) is 8.42. The molecule has 30 heavy (non-hydrogen) atoms. The van der Waals surface area contributed by atoms with Crippen LogP contribution in [0.15, 0.2) is 54.6 Å². The van der Waals surface area contributed by atoms with Gasteiger partial charge in [-0.05, 0) is 23.6 Å². The molecule has 8 heteroatoms. The number of carbonyl (C=O) groups excluding carboxylic acids is 2. The molecule has 0 aliphatic carbocycles. The van der Waals surface area contributed by atoms with Gasteiger partial charge in [0.25, 0.3) is 0 Å². The molecule has 0 spiro atoms. The Hall–Kier alpha value is -2.77. The van der Waals surface area contributed by atoms with E-state index in [0.29, 0.717) is 15.2 Å². The molecule has 0 saturated heterocycles. The highest BCUT2D eigenvalue weighted by atomic mass is 35.5. The van der Waals surface area contributed by atoms with Gasteiger partial charge in [0, 0.05) is 10.6 Å². The predicted molar refractivity (Wildman–Crippen MR) is 121 cm³/mol. The van der Waals surface area contributed by atoms with Crippen molar-refractivity contribution in [3.8, 4) is 10.6 Å². The quantitative estimate of drug-likeness (QED) is 0.535. The number of nitrogens with one attached hydrogen (secondary N) is 2. The number of halogens is 1. The molecule has 2 N–H and O–H groups in total. The van der Waals surface area contributed by atoms with Crippen LogP contribution in [0.3, 0.4) is 0 Å². The summed E-state index contributed by atoms with van der Waals surface area (Å²) in [4.78, 5) is 25.4. The first-order valence-electron chi connectivity index (χ1n) is 9.70. The number of rotatable bonds is 8. The molecule has 156 valence electrons. The summed E-state index contributed by atoms with van der Waals surface area (Å²) < 4.78 is 0. The summed E-state index contributed by atoms with van der Waals surface area (Å²) in [5.41, 5.74) is 1.77. The van der Waals surface area contributed by atoms with Crippen LogP contribution in [0, 0.1) is 5.92 Å². The topological polar surface area (TPSA) is 84.0 Å². The lowest BCUT2D eigenvalue weighted by molar-refractivity contribution is -0.127. The number of benzene rings is 2. The van der Waals surface area contributed by atoms with Crippen molar-refractivity contribution >= 4 is 39.9 Å². The smallest absolute Gasteiger partial charge is 0.249 e.